The Morgan fingerprint density at radius 1 is 1.44 bits per heavy atom. The highest BCUT2D eigenvalue weighted by molar-refractivity contribution is 5.68. The number of rotatable bonds is 4. The van der Waals surface area contributed by atoms with Crippen molar-refractivity contribution in [2.24, 2.45) is 0 Å². The Bertz CT molecular complexity index is 473. The minimum atomic E-state index is -0.376. The third-order valence-corrected chi connectivity index (χ3v) is 2.90. The smallest absolute Gasteiger partial charge is 0.407 e. The molecule has 1 aromatic rings. The molecule has 0 saturated heterocycles. The number of nitrogens with one attached hydrogen (secondary N) is 1. The van der Waals surface area contributed by atoms with Gasteiger partial charge in [0.1, 0.15) is 6.61 Å². The standard InChI is InChI=1S/C15H17NO2/c1-2-12-8-9-14(10-12)16-15(17)18-11-13-6-4-3-5-7-13/h3-7,9,14H,2,10-11H2,1H3,(H,16,17). The molecule has 0 radical (unpaired) electrons. The quantitative estimate of drug-likeness (QED) is 0.825. The first kappa shape index (κ1) is 12.5. The maximum Gasteiger partial charge on any atom is 0.407 e. The molecule has 0 spiro atoms. The van der Waals surface area contributed by atoms with Gasteiger partial charge in [-0.05, 0) is 23.6 Å². The van der Waals surface area contributed by atoms with Crippen LogP contribution in [-0.2, 0) is 11.3 Å². The van der Waals surface area contributed by atoms with Crippen LogP contribution < -0.4 is 5.32 Å². The molecule has 1 aliphatic carbocycles. The van der Waals surface area contributed by atoms with Crippen LogP contribution in [0.3, 0.4) is 0 Å². The fourth-order valence-electron chi connectivity index (χ4n) is 1.86. The molecule has 0 fully saturated rings. The van der Waals surface area contributed by atoms with Crippen molar-refractivity contribution >= 4 is 6.09 Å². The van der Waals surface area contributed by atoms with E-state index in [0.717, 1.165) is 18.4 Å². The number of amides is 1. The number of benzene rings is 1. The van der Waals surface area contributed by atoms with Crippen LogP contribution in [0.25, 0.3) is 0 Å². The maximum atomic E-state index is 11.6. The third-order valence-electron chi connectivity index (χ3n) is 2.90. The molecule has 3 nitrogen and oxygen atoms in total. The van der Waals surface area contributed by atoms with E-state index in [2.05, 4.69) is 18.0 Å². The fraction of sp³-hybridized carbons (Fsp3) is 0.333. The molecule has 2 rings (SSSR count). The number of alkyl carbamates (subject to hydrolysis) is 1. The van der Waals surface area contributed by atoms with E-state index >= 15 is 0 Å². The minimum absolute atomic E-state index is 0.0308. The zero-order chi connectivity index (χ0) is 12.8. The van der Waals surface area contributed by atoms with E-state index in [1.54, 1.807) is 0 Å². The maximum absolute atomic E-state index is 11.6. The average Bonchev–Trinajstić information content (AvgIpc) is 2.85. The zero-order valence-electron chi connectivity index (χ0n) is 10.5. The molecule has 1 aliphatic rings. The largest absolute Gasteiger partial charge is 0.445 e. The van der Waals surface area contributed by atoms with Gasteiger partial charge in [0.05, 0.1) is 6.04 Å². The molecule has 0 saturated carbocycles. The Kier molecular flexibility index (Phi) is 4.21. The van der Waals surface area contributed by atoms with Crippen molar-refractivity contribution in [2.45, 2.75) is 32.4 Å². The molecule has 1 unspecified atom stereocenters. The SMILES string of the molecule is CCC1=C=CC(NC(=O)OCc2ccccc2)C1. The molecular weight excluding hydrogens is 226 g/mol. The topological polar surface area (TPSA) is 38.3 Å². The first-order chi connectivity index (χ1) is 8.78. The van der Waals surface area contributed by atoms with Gasteiger partial charge in [0.15, 0.2) is 0 Å². The van der Waals surface area contributed by atoms with Gasteiger partial charge in [0, 0.05) is 6.42 Å². The van der Waals surface area contributed by atoms with Crippen molar-refractivity contribution < 1.29 is 9.53 Å². The van der Waals surface area contributed by atoms with Crippen LogP contribution in [0.5, 0.6) is 0 Å². The summed E-state index contributed by atoms with van der Waals surface area (Å²) in [4.78, 5) is 11.6. The van der Waals surface area contributed by atoms with Crippen LogP contribution in [0, 0.1) is 0 Å². The summed E-state index contributed by atoms with van der Waals surface area (Å²) in [5.74, 6) is 0. The molecule has 18 heavy (non-hydrogen) atoms. The van der Waals surface area contributed by atoms with E-state index in [4.69, 9.17) is 4.74 Å². The van der Waals surface area contributed by atoms with E-state index in [0.29, 0.717) is 6.61 Å². The van der Waals surface area contributed by atoms with Crippen LogP contribution in [0.4, 0.5) is 4.79 Å². The lowest BCUT2D eigenvalue weighted by atomic mass is 10.1. The summed E-state index contributed by atoms with van der Waals surface area (Å²) in [7, 11) is 0. The van der Waals surface area contributed by atoms with Crippen LogP contribution in [-0.4, -0.2) is 12.1 Å². The van der Waals surface area contributed by atoms with Gasteiger partial charge >= 0.3 is 6.09 Å². The number of carbonyl (C=O) groups excluding carboxylic acids is 1. The van der Waals surface area contributed by atoms with Gasteiger partial charge < -0.3 is 10.1 Å². The van der Waals surface area contributed by atoms with Gasteiger partial charge in [-0.25, -0.2) is 4.79 Å². The second kappa shape index (κ2) is 6.08. The molecule has 1 atom stereocenters. The number of carbonyl (C=O) groups is 1. The molecule has 0 aromatic heterocycles. The van der Waals surface area contributed by atoms with Gasteiger partial charge in [-0.3, -0.25) is 0 Å². The van der Waals surface area contributed by atoms with E-state index in [9.17, 15) is 4.79 Å². The Balaban J connectivity index is 1.72. The fourth-order valence-corrected chi connectivity index (χ4v) is 1.86. The zero-order valence-corrected chi connectivity index (χ0v) is 10.5. The minimum Gasteiger partial charge on any atom is -0.445 e. The first-order valence-corrected chi connectivity index (χ1v) is 6.19. The summed E-state index contributed by atoms with van der Waals surface area (Å²) in [6.07, 6.45) is 3.34. The normalized spacial score (nSPS) is 17.4. The highest BCUT2D eigenvalue weighted by Crippen LogP contribution is 2.15. The van der Waals surface area contributed by atoms with Crippen molar-refractivity contribution in [1.82, 2.24) is 5.32 Å². The molecular formula is C15H17NO2. The molecule has 1 amide bonds. The molecule has 0 bridgehead atoms. The average molecular weight is 243 g/mol. The second-order valence-electron chi connectivity index (χ2n) is 4.28. The monoisotopic (exact) mass is 243 g/mol. The van der Waals surface area contributed by atoms with Crippen LogP contribution >= 0.6 is 0 Å². The van der Waals surface area contributed by atoms with Crippen molar-refractivity contribution in [3.63, 3.8) is 0 Å². The number of ether oxygens (including phenoxy) is 1. The lowest BCUT2D eigenvalue weighted by Crippen LogP contribution is -2.32. The Morgan fingerprint density at radius 3 is 2.89 bits per heavy atom. The lowest BCUT2D eigenvalue weighted by Gasteiger charge is -2.12. The molecule has 0 aliphatic heterocycles. The van der Waals surface area contributed by atoms with Crippen molar-refractivity contribution in [2.75, 3.05) is 0 Å². The molecule has 1 N–H and O–H groups in total. The summed E-state index contributed by atoms with van der Waals surface area (Å²) in [6, 6.07) is 9.67. The Labute approximate surface area is 107 Å². The van der Waals surface area contributed by atoms with Gasteiger partial charge in [0.2, 0.25) is 0 Å². The summed E-state index contributed by atoms with van der Waals surface area (Å²) >= 11 is 0. The first-order valence-electron chi connectivity index (χ1n) is 6.19. The van der Waals surface area contributed by atoms with Gasteiger partial charge in [0.25, 0.3) is 0 Å². The lowest BCUT2D eigenvalue weighted by molar-refractivity contribution is 0.137. The van der Waals surface area contributed by atoms with E-state index in [1.165, 1.54) is 5.57 Å². The summed E-state index contributed by atoms with van der Waals surface area (Å²) in [5.41, 5.74) is 5.38. The third kappa shape index (κ3) is 3.51. The van der Waals surface area contributed by atoms with Crippen molar-refractivity contribution in [3.05, 3.63) is 53.3 Å². The predicted molar refractivity (Wildman–Crippen MR) is 70.1 cm³/mol. The van der Waals surface area contributed by atoms with Crippen LogP contribution in [0.15, 0.2) is 47.7 Å². The Morgan fingerprint density at radius 2 is 2.22 bits per heavy atom. The molecule has 1 aromatic carbocycles. The molecule has 0 heterocycles. The van der Waals surface area contributed by atoms with E-state index in [-0.39, 0.29) is 12.1 Å². The highest BCUT2D eigenvalue weighted by Gasteiger charge is 2.15. The van der Waals surface area contributed by atoms with Crippen molar-refractivity contribution in [3.8, 4) is 0 Å². The highest BCUT2D eigenvalue weighted by atomic mass is 16.5. The Hall–Kier alpha value is -1.99. The van der Waals surface area contributed by atoms with Crippen LogP contribution in [0.1, 0.15) is 25.3 Å². The molecule has 94 valence electrons. The summed E-state index contributed by atoms with van der Waals surface area (Å²) in [6.45, 7) is 2.39. The second-order valence-corrected chi connectivity index (χ2v) is 4.28. The van der Waals surface area contributed by atoms with Gasteiger partial charge in [-0.2, -0.15) is 0 Å². The molecule has 3 heteroatoms. The van der Waals surface area contributed by atoms with E-state index in [1.807, 2.05) is 36.4 Å². The van der Waals surface area contributed by atoms with E-state index < -0.39 is 0 Å². The van der Waals surface area contributed by atoms with Gasteiger partial charge in [-0.1, -0.05) is 37.3 Å². The summed E-state index contributed by atoms with van der Waals surface area (Å²) < 4.78 is 5.15. The van der Waals surface area contributed by atoms with Gasteiger partial charge in [-0.15, -0.1) is 5.73 Å². The number of hydrogen-bond acceptors (Lipinski definition) is 2. The predicted octanol–water partition coefficient (Wildman–Crippen LogP) is 3.18. The van der Waals surface area contributed by atoms with Crippen LogP contribution in [0.2, 0.25) is 0 Å². The summed E-state index contributed by atoms with van der Waals surface area (Å²) in [5, 5.41) is 2.81. The van der Waals surface area contributed by atoms with Crippen molar-refractivity contribution in [1.29, 1.82) is 0 Å². The number of hydrogen-bond donors (Lipinski definition) is 1.